The lowest BCUT2D eigenvalue weighted by molar-refractivity contribution is -0.0435. The van der Waals surface area contributed by atoms with Gasteiger partial charge in [-0.25, -0.2) is 8.42 Å². The Hall–Kier alpha value is -0.460. The van der Waals surface area contributed by atoms with Crippen LogP contribution in [0.2, 0.25) is 10.0 Å². The molecule has 2 nitrogen and oxygen atoms in total. The zero-order valence-corrected chi connectivity index (χ0v) is 10.1. The fourth-order valence-corrected chi connectivity index (χ4v) is 2.53. The lowest BCUT2D eigenvalue weighted by Crippen LogP contribution is -2.23. The van der Waals surface area contributed by atoms with Crippen LogP contribution in [0.15, 0.2) is 17.0 Å². The van der Waals surface area contributed by atoms with Gasteiger partial charge in [0.25, 0.3) is 9.84 Å². The maximum Gasteiger partial charge on any atom is 0.501 e. The van der Waals surface area contributed by atoms with E-state index in [9.17, 15) is 21.6 Å². The van der Waals surface area contributed by atoms with E-state index < -0.39 is 25.3 Å². The normalized spacial score (nSPS) is 12.9. The molecule has 0 radical (unpaired) electrons. The molecule has 0 heterocycles. The number of benzene rings is 1. The number of alkyl halides is 3. The molecule has 0 bridgehead atoms. The van der Waals surface area contributed by atoms with Gasteiger partial charge in [0.2, 0.25) is 0 Å². The molecule has 0 amide bonds. The third-order valence-corrected chi connectivity index (χ3v) is 4.42. The Bertz CT molecular complexity index is 523. The smallest absolute Gasteiger partial charge is 0.214 e. The summed E-state index contributed by atoms with van der Waals surface area (Å²) in [5.74, 6) is 0. The number of hydrogen-bond donors (Lipinski definition) is 0. The second kappa shape index (κ2) is 4.09. The maximum atomic E-state index is 12.3. The van der Waals surface area contributed by atoms with Crippen LogP contribution in [0.4, 0.5) is 13.2 Å². The van der Waals surface area contributed by atoms with Crippen LogP contribution in [0.3, 0.4) is 0 Å². The minimum atomic E-state index is -5.44. The van der Waals surface area contributed by atoms with Crippen molar-refractivity contribution in [3.05, 3.63) is 27.7 Å². The summed E-state index contributed by atoms with van der Waals surface area (Å²) >= 11 is 11.1. The van der Waals surface area contributed by atoms with Crippen molar-refractivity contribution in [2.75, 3.05) is 0 Å². The third-order valence-electron chi connectivity index (χ3n) is 1.88. The van der Waals surface area contributed by atoms with Crippen LogP contribution in [0.25, 0.3) is 0 Å². The number of sulfone groups is 1. The van der Waals surface area contributed by atoms with Crippen molar-refractivity contribution in [3.8, 4) is 0 Å². The van der Waals surface area contributed by atoms with Gasteiger partial charge < -0.3 is 0 Å². The first-order chi connectivity index (χ1) is 7.09. The maximum absolute atomic E-state index is 12.3. The molecular weight excluding hydrogens is 288 g/mol. The fraction of sp³-hybridized carbons (Fsp3) is 0.250. The second-order valence-electron chi connectivity index (χ2n) is 2.93. The van der Waals surface area contributed by atoms with Gasteiger partial charge in [0, 0.05) is 5.02 Å². The van der Waals surface area contributed by atoms with Gasteiger partial charge in [-0.1, -0.05) is 23.2 Å². The SMILES string of the molecule is Cc1c(Cl)ccc(S(=O)(=O)C(F)(F)F)c1Cl. The molecule has 0 aliphatic heterocycles. The highest BCUT2D eigenvalue weighted by molar-refractivity contribution is 7.92. The molecule has 1 aromatic rings. The molecule has 0 aliphatic rings. The van der Waals surface area contributed by atoms with E-state index in [4.69, 9.17) is 23.2 Å². The van der Waals surface area contributed by atoms with Gasteiger partial charge in [-0.15, -0.1) is 0 Å². The van der Waals surface area contributed by atoms with Gasteiger partial charge in [-0.2, -0.15) is 13.2 Å². The largest absolute Gasteiger partial charge is 0.501 e. The van der Waals surface area contributed by atoms with Crippen LogP contribution in [0.5, 0.6) is 0 Å². The summed E-state index contributed by atoms with van der Waals surface area (Å²) in [6.45, 7) is 1.33. The van der Waals surface area contributed by atoms with Gasteiger partial charge in [0.1, 0.15) is 0 Å². The monoisotopic (exact) mass is 292 g/mol. The molecule has 1 rings (SSSR count). The van der Waals surface area contributed by atoms with Gasteiger partial charge in [-0.3, -0.25) is 0 Å². The molecule has 8 heteroatoms. The average Bonchev–Trinajstić information content (AvgIpc) is 2.12. The lowest BCUT2D eigenvalue weighted by atomic mass is 10.2. The highest BCUT2D eigenvalue weighted by Crippen LogP contribution is 2.37. The van der Waals surface area contributed by atoms with Crippen LogP contribution in [0.1, 0.15) is 5.56 Å². The van der Waals surface area contributed by atoms with Crippen molar-refractivity contribution in [2.45, 2.75) is 17.3 Å². The van der Waals surface area contributed by atoms with E-state index in [1.54, 1.807) is 0 Å². The fourth-order valence-electron chi connectivity index (χ4n) is 0.969. The Morgan fingerprint density at radius 2 is 1.69 bits per heavy atom. The third kappa shape index (κ3) is 2.14. The van der Waals surface area contributed by atoms with Crippen molar-refractivity contribution in [3.63, 3.8) is 0 Å². The molecule has 0 fully saturated rings. The van der Waals surface area contributed by atoms with Crippen molar-refractivity contribution in [1.29, 1.82) is 0 Å². The first-order valence-electron chi connectivity index (χ1n) is 3.85. The Morgan fingerprint density at radius 3 is 2.12 bits per heavy atom. The van der Waals surface area contributed by atoms with Crippen LogP contribution < -0.4 is 0 Å². The predicted molar refractivity (Wildman–Crippen MR) is 54.4 cm³/mol. The molecule has 0 atom stereocenters. The van der Waals surface area contributed by atoms with E-state index in [1.807, 2.05) is 0 Å². The minimum absolute atomic E-state index is 0.0914. The first kappa shape index (κ1) is 13.6. The Labute approximate surface area is 99.9 Å². The number of rotatable bonds is 1. The van der Waals surface area contributed by atoms with E-state index in [-0.39, 0.29) is 10.6 Å². The summed E-state index contributed by atoms with van der Waals surface area (Å²) in [4.78, 5) is -0.983. The van der Waals surface area contributed by atoms with Crippen molar-refractivity contribution >= 4 is 33.0 Å². The second-order valence-corrected chi connectivity index (χ2v) is 5.63. The van der Waals surface area contributed by atoms with Gasteiger partial charge in [0.05, 0.1) is 9.92 Å². The summed E-state index contributed by atoms with van der Waals surface area (Å²) in [7, 11) is -5.44. The average molecular weight is 293 g/mol. The van der Waals surface area contributed by atoms with E-state index in [0.717, 1.165) is 12.1 Å². The molecule has 0 aliphatic carbocycles. The van der Waals surface area contributed by atoms with E-state index >= 15 is 0 Å². The van der Waals surface area contributed by atoms with Crippen LogP contribution >= 0.6 is 23.2 Å². The van der Waals surface area contributed by atoms with E-state index in [1.165, 1.54) is 6.92 Å². The predicted octanol–water partition coefficient (Wildman–Crippen LogP) is 3.60. The molecule has 1 aromatic carbocycles. The summed E-state index contributed by atoms with van der Waals surface area (Å²) in [5, 5.41) is -0.407. The standard InChI is InChI=1S/C8H5Cl2F3O2S/c1-4-5(9)2-3-6(7(4)10)16(14,15)8(11,12)13/h2-3H,1H3. The van der Waals surface area contributed by atoms with Crippen LogP contribution in [-0.2, 0) is 9.84 Å². The summed E-state index contributed by atoms with van der Waals surface area (Å²) in [6.07, 6.45) is 0. The Balaban J connectivity index is 3.55. The van der Waals surface area contributed by atoms with Gasteiger partial charge in [-0.05, 0) is 24.6 Å². The highest BCUT2D eigenvalue weighted by atomic mass is 35.5. The van der Waals surface area contributed by atoms with Gasteiger partial charge in [0.15, 0.2) is 0 Å². The highest BCUT2D eigenvalue weighted by Gasteiger charge is 2.48. The van der Waals surface area contributed by atoms with Crippen molar-refractivity contribution in [2.24, 2.45) is 0 Å². The first-order valence-corrected chi connectivity index (χ1v) is 6.09. The molecule has 0 N–H and O–H groups in total. The van der Waals surface area contributed by atoms with Gasteiger partial charge >= 0.3 is 5.51 Å². The molecule has 0 spiro atoms. The number of hydrogen-bond acceptors (Lipinski definition) is 2. The zero-order valence-electron chi connectivity index (χ0n) is 7.77. The molecule has 0 aromatic heterocycles. The minimum Gasteiger partial charge on any atom is -0.214 e. The molecule has 0 saturated heterocycles. The van der Waals surface area contributed by atoms with E-state index in [2.05, 4.69) is 0 Å². The van der Waals surface area contributed by atoms with Crippen molar-refractivity contribution in [1.82, 2.24) is 0 Å². The number of halogens is 5. The quantitative estimate of drug-likeness (QED) is 0.793. The summed E-state index contributed by atoms with van der Waals surface area (Å²) < 4.78 is 58.9. The molecule has 16 heavy (non-hydrogen) atoms. The molecule has 0 saturated carbocycles. The van der Waals surface area contributed by atoms with Crippen LogP contribution in [-0.4, -0.2) is 13.9 Å². The summed E-state index contributed by atoms with van der Waals surface area (Å²) in [5.41, 5.74) is -5.29. The molecule has 90 valence electrons. The van der Waals surface area contributed by atoms with Crippen LogP contribution in [0, 0.1) is 6.92 Å². The Kier molecular flexibility index (Phi) is 3.47. The van der Waals surface area contributed by atoms with E-state index in [0.29, 0.717) is 0 Å². The Morgan fingerprint density at radius 1 is 1.19 bits per heavy atom. The molecular formula is C8H5Cl2F3O2S. The molecule has 0 unspecified atom stereocenters. The summed E-state index contributed by atoms with van der Waals surface area (Å²) in [6, 6.07) is 1.79. The zero-order chi connectivity index (χ0) is 12.7. The van der Waals surface area contributed by atoms with Crippen molar-refractivity contribution < 1.29 is 21.6 Å². The topological polar surface area (TPSA) is 34.1 Å². The lowest BCUT2D eigenvalue weighted by Gasteiger charge is -2.11.